The van der Waals surface area contributed by atoms with E-state index in [0.717, 1.165) is 18.6 Å². The van der Waals surface area contributed by atoms with Crippen LogP contribution in [0.2, 0.25) is 0 Å². The first kappa shape index (κ1) is 10.1. The number of aromatic nitrogens is 2. The maximum atomic E-state index is 12.0. The van der Waals surface area contributed by atoms with Crippen molar-refractivity contribution in [2.75, 3.05) is 5.32 Å². The summed E-state index contributed by atoms with van der Waals surface area (Å²) in [7, 11) is 0. The van der Waals surface area contributed by atoms with E-state index in [9.17, 15) is 4.79 Å². The van der Waals surface area contributed by atoms with Gasteiger partial charge in [0.2, 0.25) is 0 Å². The fraction of sp³-hybridized carbons (Fsp3) is 0.333. The van der Waals surface area contributed by atoms with E-state index in [4.69, 9.17) is 4.42 Å². The van der Waals surface area contributed by atoms with Gasteiger partial charge in [-0.3, -0.25) is 4.79 Å². The average molecular weight is 231 g/mol. The Morgan fingerprint density at radius 2 is 2.41 bits per heavy atom. The van der Waals surface area contributed by atoms with Gasteiger partial charge < -0.3 is 14.3 Å². The summed E-state index contributed by atoms with van der Waals surface area (Å²) in [6.07, 6.45) is 7.18. The van der Waals surface area contributed by atoms with E-state index < -0.39 is 0 Å². The lowest BCUT2D eigenvalue weighted by Gasteiger charge is -2.06. The van der Waals surface area contributed by atoms with E-state index in [-0.39, 0.29) is 5.56 Å². The molecule has 1 aliphatic rings. The Kier molecular flexibility index (Phi) is 2.44. The first-order chi connectivity index (χ1) is 8.34. The predicted molar refractivity (Wildman–Crippen MR) is 62.8 cm³/mol. The smallest absolute Gasteiger partial charge is 0.293 e. The Bertz CT molecular complexity index is 555. The monoisotopic (exact) mass is 231 g/mol. The van der Waals surface area contributed by atoms with E-state index in [0.29, 0.717) is 18.4 Å². The highest BCUT2D eigenvalue weighted by Gasteiger charge is 2.25. The van der Waals surface area contributed by atoms with Gasteiger partial charge in [0.05, 0.1) is 12.8 Å². The summed E-state index contributed by atoms with van der Waals surface area (Å²) in [4.78, 5) is 16.1. The summed E-state index contributed by atoms with van der Waals surface area (Å²) in [6.45, 7) is 0.476. The Morgan fingerprint density at radius 1 is 1.53 bits per heavy atom. The molecular formula is C12H13N3O2. The van der Waals surface area contributed by atoms with Crippen LogP contribution in [0.1, 0.15) is 24.6 Å². The predicted octanol–water partition coefficient (Wildman–Crippen LogP) is 1.78. The molecule has 0 aromatic carbocycles. The van der Waals surface area contributed by atoms with Crippen LogP contribution in [-0.4, -0.2) is 9.55 Å². The van der Waals surface area contributed by atoms with Crippen molar-refractivity contribution in [3.63, 3.8) is 0 Å². The molecule has 17 heavy (non-hydrogen) atoms. The zero-order valence-corrected chi connectivity index (χ0v) is 9.30. The zero-order chi connectivity index (χ0) is 11.7. The van der Waals surface area contributed by atoms with Crippen LogP contribution in [0.5, 0.6) is 0 Å². The highest BCUT2D eigenvalue weighted by atomic mass is 16.3. The molecule has 5 heteroatoms. The fourth-order valence-corrected chi connectivity index (χ4v) is 1.77. The second-order valence-corrected chi connectivity index (χ2v) is 4.15. The van der Waals surface area contributed by atoms with Crippen LogP contribution >= 0.6 is 0 Å². The largest absolute Gasteiger partial charge is 0.467 e. The molecular weight excluding hydrogens is 218 g/mol. The molecule has 1 fully saturated rings. The minimum Gasteiger partial charge on any atom is -0.467 e. The van der Waals surface area contributed by atoms with E-state index in [1.54, 1.807) is 23.2 Å². The highest BCUT2D eigenvalue weighted by Crippen LogP contribution is 2.33. The summed E-state index contributed by atoms with van der Waals surface area (Å²) in [5.74, 6) is 1.17. The Balaban J connectivity index is 1.78. The molecule has 0 amide bonds. The molecule has 0 radical (unpaired) electrons. The molecule has 2 aromatic heterocycles. The van der Waals surface area contributed by atoms with Crippen LogP contribution < -0.4 is 10.9 Å². The van der Waals surface area contributed by atoms with Gasteiger partial charge in [-0.25, -0.2) is 4.98 Å². The number of nitrogens with one attached hydrogen (secondary N) is 1. The molecule has 0 saturated heterocycles. The van der Waals surface area contributed by atoms with Crippen LogP contribution in [0.15, 0.2) is 40.0 Å². The van der Waals surface area contributed by atoms with Gasteiger partial charge >= 0.3 is 0 Å². The van der Waals surface area contributed by atoms with Gasteiger partial charge in [-0.1, -0.05) is 0 Å². The molecule has 0 bridgehead atoms. The van der Waals surface area contributed by atoms with Crippen molar-refractivity contribution in [2.24, 2.45) is 0 Å². The van der Waals surface area contributed by atoms with E-state index in [1.165, 1.54) is 0 Å². The van der Waals surface area contributed by atoms with Gasteiger partial charge in [-0.2, -0.15) is 0 Å². The highest BCUT2D eigenvalue weighted by molar-refractivity contribution is 5.31. The molecule has 1 N–H and O–H groups in total. The second kappa shape index (κ2) is 4.08. The van der Waals surface area contributed by atoms with Crippen molar-refractivity contribution in [3.8, 4) is 0 Å². The first-order valence-electron chi connectivity index (χ1n) is 5.68. The number of hydrogen-bond acceptors (Lipinski definition) is 4. The molecule has 2 heterocycles. The quantitative estimate of drug-likeness (QED) is 0.871. The first-order valence-corrected chi connectivity index (χ1v) is 5.68. The van der Waals surface area contributed by atoms with Gasteiger partial charge in [0.1, 0.15) is 5.76 Å². The van der Waals surface area contributed by atoms with Crippen molar-refractivity contribution >= 4 is 5.82 Å². The number of anilines is 1. The van der Waals surface area contributed by atoms with E-state index in [1.807, 2.05) is 12.1 Å². The second-order valence-electron chi connectivity index (χ2n) is 4.15. The maximum Gasteiger partial charge on any atom is 0.293 e. The SMILES string of the molecule is O=c1c(NCc2ccco2)nccn1C1CC1. The van der Waals surface area contributed by atoms with Crippen molar-refractivity contribution in [1.82, 2.24) is 9.55 Å². The van der Waals surface area contributed by atoms with Crippen LogP contribution in [-0.2, 0) is 6.54 Å². The number of rotatable bonds is 4. The minimum absolute atomic E-state index is 0.0541. The van der Waals surface area contributed by atoms with Crippen LogP contribution in [0.3, 0.4) is 0 Å². The van der Waals surface area contributed by atoms with E-state index in [2.05, 4.69) is 10.3 Å². The topological polar surface area (TPSA) is 60.1 Å². The standard InChI is InChI=1S/C12H13N3O2/c16-12-11(14-8-10-2-1-7-17-10)13-5-6-15(12)9-3-4-9/h1-2,5-7,9H,3-4,8H2,(H,13,14). The molecule has 2 aromatic rings. The number of hydrogen-bond donors (Lipinski definition) is 1. The molecule has 0 spiro atoms. The van der Waals surface area contributed by atoms with Crippen LogP contribution in [0, 0.1) is 0 Å². The van der Waals surface area contributed by atoms with Gasteiger partial charge in [-0.05, 0) is 25.0 Å². The molecule has 0 aliphatic heterocycles. The molecule has 5 nitrogen and oxygen atoms in total. The van der Waals surface area contributed by atoms with Gasteiger partial charge in [0, 0.05) is 18.4 Å². The summed E-state index contributed by atoms with van der Waals surface area (Å²) in [5.41, 5.74) is -0.0541. The minimum atomic E-state index is -0.0541. The van der Waals surface area contributed by atoms with Crippen molar-refractivity contribution in [2.45, 2.75) is 25.4 Å². The third-order valence-electron chi connectivity index (χ3n) is 2.82. The zero-order valence-electron chi connectivity index (χ0n) is 9.30. The molecule has 1 saturated carbocycles. The molecule has 1 aliphatic carbocycles. The summed E-state index contributed by atoms with van der Waals surface area (Å²) < 4.78 is 6.93. The van der Waals surface area contributed by atoms with Crippen molar-refractivity contribution < 1.29 is 4.42 Å². The Hall–Kier alpha value is -2.04. The lowest BCUT2D eigenvalue weighted by atomic mass is 10.4. The third kappa shape index (κ3) is 2.08. The van der Waals surface area contributed by atoms with Gasteiger partial charge in [0.25, 0.3) is 5.56 Å². The Labute approximate surface area is 98.1 Å². The summed E-state index contributed by atoms with van der Waals surface area (Å²) in [5, 5.41) is 3.00. The van der Waals surface area contributed by atoms with Crippen molar-refractivity contribution in [3.05, 3.63) is 46.9 Å². The fourth-order valence-electron chi connectivity index (χ4n) is 1.77. The lowest BCUT2D eigenvalue weighted by Crippen LogP contribution is -2.23. The summed E-state index contributed by atoms with van der Waals surface area (Å²) >= 11 is 0. The number of furan rings is 1. The Morgan fingerprint density at radius 3 is 3.12 bits per heavy atom. The average Bonchev–Trinajstić information content (AvgIpc) is 3.04. The molecule has 0 unspecified atom stereocenters. The number of nitrogens with zero attached hydrogens (tertiary/aromatic N) is 2. The van der Waals surface area contributed by atoms with Crippen molar-refractivity contribution in [1.29, 1.82) is 0 Å². The summed E-state index contributed by atoms with van der Waals surface area (Å²) in [6, 6.07) is 4.04. The molecule has 0 atom stereocenters. The lowest BCUT2D eigenvalue weighted by molar-refractivity contribution is 0.517. The van der Waals surface area contributed by atoms with Gasteiger partial charge in [-0.15, -0.1) is 0 Å². The van der Waals surface area contributed by atoms with E-state index >= 15 is 0 Å². The van der Waals surface area contributed by atoms with Crippen LogP contribution in [0.25, 0.3) is 0 Å². The van der Waals surface area contributed by atoms with Crippen LogP contribution in [0.4, 0.5) is 5.82 Å². The normalized spacial score (nSPS) is 14.8. The molecule has 88 valence electrons. The third-order valence-corrected chi connectivity index (χ3v) is 2.82. The maximum absolute atomic E-state index is 12.0. The van der Waals surface area contributed by atoms with Gasteiger partial charge in [0.15, 0.2) is 5.82 Å². The molecule has 3 rings (SSSR count).